The van der Waals surface area contributed by atoms with Crippen LogP contribution in [-0.4, -0.2) is 40.1 Å². The van der Waals surface area contributed by atoms with Crippen LogP contribution in [0.1, 0.15) is 13.8 Å². The molecule has 0 radical (unpaired) electrons. The van der Waals surface area contributed by atoms with Crippen molar-refractivity contribution in [1.82, 2.24) is 0 Å². The fourth-order valence-corrected chi connectivity index (χ4v) is 3.78. The van der Waals surface area contributed by atoms with Crippen molar-refractivity contribution in [2.75, 3.05) is 28.4 Å². The number of ether oxygens (including phenoxy) is 1. The SMILES string of the molecule is C/C=C/C(=O)O/C(=C\C(C)P(=O)(OC)OC)P(=O)(OC)OC. The molecule has 0 spiro atoms. The smallest absolute Gasteiger partial charge is 0.395 e. The summed E-state index contributed by atoms with van der Waals surface area (Å²) in [5.41, 5.74) is -1.24. The first-order valence-electron chi connectivity index (χ1n) is 6.22. The summed E-state index contributed by atoms with van der Waals surface area (Å²) in [5.74, 6) is -0.778. The summed E-state index contributed by atoms with van der Waals surface area (Å²) < 4.78 is 49.0. The Balaban J connectivity index is 5.76. The largest absolute Gasteiger partial charge is 0.415 e. The predicted molar refractivity (Wildman–Crippen MR) is 81.7 cm³/mol. The number of esters is 1. The van der Waals surface area contributed by atoms with Crippen LogP contribution in [-0.2, 0) is 36.8 Å². The molecule has 22 heavy (non-hydrogen) atoms. The fraction of sp³-hybridized carbons (Fsp3) is 0.583. The zero-order chi connectivity index (χ0) is 17.4. The molecule has 0 saturated heterocycles. The molecule has 0 N–H and O–H groups in total. The lowest BCUT2D eigenvalue weighted by Gasteiger charge is -2.21. The molecule has 0 aromatic heterocycles. The minimum atomic E-state index is -3.86. The highest BCUT2D eigenvalue weighted by atomic mass is 31.2. The van der Waals surface area contributed by atoms with Crippen LogP contribution < -0.4 is 0 Å². The molecule has 0 aliphatic rings. The Kier molecular flexibility index (Phi) is 9.08. The maximum atomic E-state index is 12.4. The van der Waals surface area contributed by atoms with Gasteiger partial charge in [0.1, 0.15) is 0 Å². The summed E-state index contributed by atoms with van der Waals surface area (Å²) in [7, 11) is -2.65. The summed E-state index contributed by atoms with van der Waals surface area (Å²) in [4.78, 5) is 11.6. The number of allylic oxidation sites excluding steroid dienone is 2. The minimum absolute atomic E-state index is 0.387. The first kappa shape index (κ1) is 21.2. The average molecular weight is 356 g/mol. The van der Waals surface area contributed by atoms with Gasteiger partial charge in [-0.25, -0.2) is 4.79 Å². The van der Waals surface area contributed by atoms with E-state index in [1.807, 2.05) is 0 Å². The van der Waals surface area contributed by atoms with Crippen molar-refractivity contribution in [3.63, 3.8) is 0 Å². The van der Waals surface area contributed by atoms with Gasteiger partial charge in [0, 0.05) is 34.5 Å². The normalized spacial score (nSPS) is 15.1. The summed E-state index contributed by atoms with van der Waals surface area (Å²) in [6.07, 6.45) is 3.74. The van der Waals surface area contributed by atoms with Crippen LogP contribution in [0.15, 0.2) is 23.7 Å². The van der Waals surface area contributed by atoms with E-state index in [1.165, 1.54) is 33.3 Å². The van der Waals surface area contributed by atoms with Gasteiger partial charge in [0.25, 0.3) is 0 Å². The third-order valence-corrected chi connectivity index (χ3v) is 6.56. The molecular formula is C12H22O8P2. The van der Waals surface area contributed by atoms with Crippen molar-refractivity contribution in [3.8, 4) is 0 Å². The standard InChI is InChI=1S/C12H22O8P2/c1-7-8-11(13)20-12(22(15,18-5)19-6)9-10(2)21(14,16-3)17-4/h7-10H,1-6H3/b8-7+,12-9+. The van der Waals surface area contributed by atoms with Crippen LogP contribution in [0.2, 0.25) is 0 Å². The molecule has 0 bridgehead atoms. The topological polar surface area (TPSA) is 97.4 Å². The van der Waals surface area contributed by atoms with E-state index in [9.17, 15) is 13.9 Å². The predicted octanol–water partition coefficient (Wildman–Crippen LogP) is 3.31. The molecule has 0 aromatic rings. The molecule has 128 valence electrons. The minimum Gasteiger partial charge on any atom is -0.415 e. The summed E-state index contributed by atoms with van der Waals surface area (Å²) in [6, 6.07) is 0. The summed E-state index contributed by atoms with van der Waals surface area (Å²) in [6.45, 7) is 3.11. The van der Waals surface area contributed by atoms with Crippen LogP contribution in [0.4, 0.5) is 0 Å². The number of carbonyl (C=O) groups is 1. The average Bonchev–Trinajstić information content (AvgIpc) is 2.52. The molecule has 10 heteroatoms. The van der Waals surface area contributed by atoms with Crippen LogP contribution in [0.5, 0.6) is 0 Å². The summed E-state index contributed by atoms with van der Waals surface area (Å²) in [5, 5.41) is 0. The Morgan fingerprint density at radius 2 is 1.50 bits per heavy atom. The first-order valence-corrected chi connectivity index (χ1v) is 9.38. The van der Waals surface area contributed by atoms with E-state index in [-0.39, 0.29) is 5.50 Å². The van der Waals surface area contributed by atoms with E-state index in [0.717, 1.165) is 20.3 Å². The number of carbonyl (C=O) groups excluding carboxylic acids is 1. The van der Waals surface area contributed by atoms with E-state index in [2.05, 4.69) is 0 Å². The second-order valence-corrected chi connectivity index (χ2v) is 8.72. The lowest BCUT2D eigenvalue weighted by atomic mass is 10.5. The Hall–Kier alpha value is -0.750. The van der Waals surface area contributed by atoms with Gasteiger partial charge in [-0.05, 0) is 19.9 Å². The fourth-order valence-electron chi connectivity index (χ4n) is 1.41. The molecule has 1 atom stereocenters. The second kappa shape index (κ2) is 9.40. The molecule has 0 heterocycles. The first-order chi connectivity index (χ1) is 10.2. The van der Waals surface area contributed by atoms with Crippen LogP contribution >= 0.6 is 15.2 Å². The number of rotatable bonds is 9. The quantitative estimate of drug-likeness (QED) is 0.269. The molecule has 0 fully saturated rings. The summed E-state index contributed by atoms with van der Waals surface area (Å²) >= 11 is 0. The van der Waals surface area contributed by atoms with Gasteiger partial charge < -0.3 is 22.8 Å². The highest BCUT2D eigenvalue weighted by Crippen LogP contribution is 2.58. The van der Waals surface area contributed by atoms with E-state index >= 15 is 0 Å². The Morgan fingerprint density at radius 1 is 1.00 bits per heavy atom. The van der Waals surface area contributed by atoms with Gasteiger partial charge in [-0.1, -0.05) is 6.08 Å². The Labute approximate surface area is 130 Å². The van der Waals surface area contributed by atoms with Gasteiger partial charge in [0.05, 0.1) is 5.66 Å². The van der Waals surface area contributed by atoms with Crippen molar-refractivity contribution < 1.29 is 36.8 Å². The Bertz CT molecular complexity index is 509. The van der Waals surface area contributed by atoms with E-state index in [1.54, 1.807) is 6.92 Å². The van der Waals surface area contributed by atoms with Gasteiger partial charge in [0.15, 0.2) is 0 Å². The molecule has 8 nitrogen and oxygen atoms in total. The number of hydrogen-bond acceptors (Lipinski definition) is 8. The van der Waals surface area contributed by atoms with Crippen LogP contribution in [0.25, 0.3) is 0 Å². The maximum absolute atomic E-state index is 12.4. The lowest BCUT2D eigenvalue weighted by molar-refractivity contribution is -0.133. The molecule has 0 amide bonds. The highest BCUT2D eigenvalue weighted by Gasteiger charge is 2.36. The molecule has 0 saturated carbocycles. The van der Waals surface area contributed by atoms with Gasteiger partial charge >= 0.3 is 21.2 Å². The van der Waals surface area contributed by atoms with Crippen molar-refractivity contribution >= 4 is 21.2 Å². The molecule has 0 aromatic carbocycles. The molecular weight excluding hydrogens is 334 g/mol. The highest BCUT2D eigenvalue weighted by molar-refractivity contribution is 7.58. The van der Waals surface area contributed by atoms with Crippen molar-refractivity contribution in [2.45, 2.75) is 19.5 Å². The second-order valence-electron chi connectivity index (χ2n) is 3.93. The van der Waals surface area contributed by atoms with Crippen molar-refractivity contribution in [2.24, 2.45) is 0 Å². The van der Waals surface area contributed by atoms with E-state index in [4.69, 9.17) is 22.8 Å². The Morgan fingerprint density at radius 3 is 1.86 bits per heavy atom. The molecule has 1 unspecified atom stereocenters. The van der Waals surface area contributed by atoms with E-state index < -0.39 is 26.8 Å². The van der Waals surface area contributed by atoms with Crippen LogP contribution in [0.3, 0.4) is 0 Å². The zero-order valence-electron chi connectivity index (χ0n) is 13.5. The van der Waals surface area contributed by atoms with E-state index in [0.29, 0.717) is 0 Å². The maximum Gasteiger partial charge on any atom is 0.395 e. The van der Waals surface area contributed by atoms with Gasteiger partial charge in [-0.2, -0.15) is 0 Å². The van der Waals surface area contributed by atoms with Gasteiger partial charge in [-0.15, -0.1) is 0 Å². The van der Waals surface area contributed by atoms with Crippen LogP contribution in [0, 0.1) is 0 Å². The number of hydrogen-bond donors (Lipinski definition) is 0. The monoisotopic (exact) mass is 356 g/mol. The third-order valence-electron chi connectivity index (χ3n) is 2.65. The zero-order valence-corrected chi connectivity index (χ0v) is 15.3. The third kappa shape index (κ3) is 5.47. The van der Waals surface area contributed by atoms with Crippen molar-refractivity contribution in [1.29, 1.82) is 0 Å². The molecule has 0 aliphatic carbocycles. The van der Waals surface area contributed by atoms with Gasteiger partial charge in [0.2, 0.25) is 5.50 Å². The molecule has 0 rings (SSSR count). The molecule has 0 aliphatic heterocycles. The lowest BCUT2D eigenvalue weighted by Crippen LogP contribution is -2.09. The van der Waals surface area contributed by atoms with Crippen molar-refractivity contribution in [3.05, 3.63) is 23.7 Å². The van der Waals surface area contributed by atoms with Gasteiger partial charge in [-0.3, -0.25) is 9.13 Å².